The number of nitrogens with one attached hydrogen (secondary N) is 2. The third-order valence-electron chi connectivity index (χ3n) is 3.31. The summed E-state index contributed by atoms with van der Waals surface area (Å²) in [4.78, 5) is 13.7. The number of anilines is 1. The third-order valence-corrected chi connectivity index (χ3v) is 3.31. The Labute approximate surface area is 104 Å². The Morgan fingerprint density at radius 1 is 1.56 bits per heavy atom. The maximum absolute atomic E-state index is 11.1. The Morgan fingerprint density at radius 2 is 2.39 bits per heavy atom. The minimum absolute atomic E-state index is 0.339. The lowest BCUT2D eigenvalue weighted by Gasteiger charge is -2.18. The fraction of sp³-hybridized carbons (Fsp3) is 0.462. The summed E-state index contributed by atoms with van der Waals surface area (Å²) in [5, 5.41) is 3.45. The molecule has 5 nitrogen and oxygen atoms in total. The van der Waals surface area contributed by atoms with Gasteiger partial charge < -0.3 is 14.5 Å². The largest absolute Gasteiger partial charge is 0.417 e. The van der Waals surface area contributed by atoms with Crippen LogP contribution in [0.2, 0.25) is 0 Å². The molecule has 5 heteroatoms. The summed E-state index contributed by atoms with van der Waals surface area (Å²) >= 11 is 0. The molecule has 1 aliphatic carbocycles. The Hall–Kier alpha value is -1.75. The molecule has 1 aromatic heterocycles. The molecular weight excluding hydrogens is 232 g/mol. The summed E-state index contributed by atoms with van der Waals surface area (Å²) in [6, 6.07) is 5.95. The van der Waals surface area contributed by atoms with Crippen LogP contribution in [-0.4, -0.2) is 24.7 Å². The highest BCUT2D eigenvalue weighted by Crippen LogP contribution is 2.34. The third kappa shape index (κ3) is 2.26. The van der Waals surface area contributed by atoms with Gasteiger partial charge in [-0.2, -0.15) is 0 Å². The van der Waals surface area contributed by atoms with Crippen LogP contribution in [-0.2, 0) is 4.74 Å². The van der Waals surface area contributed by atoms with Crippen molar-refractivity contribution in [2.45, 2.75) is 18.9 Å². The number of oxazole rings is 1. The van der Waals surface area contributed by atoms with Gasteiger partial charge in [0.25, 0.3) is 0 Å². The fourth-order valence-corrected chi connectivity index (χ4v) is 2.23. The molecule has 0 radical (unpaired) electrons. The van der Waals surface area contributed by atoms with E-state index in [1.54, 1.807) is 13.2 Å². The van der Waals surface area contributed by atoms with E-state index in [-0.39, 0.29) is 0 Å². The van der Waals surface area contributed by atoms with E-state index in [1.807, 2.05) is 12.1 Å². The van der Waals surface area contributed by atoms with Crippen LogP contribution in [0.4, 0.5) is 5.69 Å². The molecule has 96 valence electrons. The van der Waals surface area contributed by atoms with Crippen LogP contribution in [0, 0.1) is 5.92 Å². The number of methoxy groups -OCH3 is 1. The van der Waals surface area contributed by atoms with Crippen molar-refractivity contribution >= 4 is 16.8 Å². The van der Waals surface area contributed by atoms with Crippen molar-refractivity contribution in [3.63, 3.8) is 0 Å². The second-order valence-electron chi connectivity index (χ2n) is 4.77. The summed E-state index contributed by atoms with van der Waals surface area (Å²) in [5.74, 6) is 0.279. The van der Waals surface area contributed by atoms with Gasteiger partial charge in [-0.1, -0.05) is 0 Å². The number of hydrogen-bond acceptors (Lipinski definition) is 4. The minimum Gasteiger partial charge on any atom is -0.408 e. The summed E-state index contributed by atoms with van der Waals surface area (Å²) in [6.07, 6.45) is 2.51. The van der Waals surface area contributed by atoms with Crippen LogP contribution in [0.3, 0.4) is 0 Å². The number of ether oxygens (including phenoxy) is 1. The smallest absolute Gasteiger partial charge is 0.408 e. The van der Waals surface area contributed by atoms with Gasteiger partial charge in [-0.25, -0.2) is 4.79 Å². The molecule has 3 rings (SSSR count). The average molecular weight is 248 g/mol. The van der Waals surface area contributed by atoms with Gasteiger partial charge in [0.05, 0.1) is 18.2 Å². The van der Waals surface area contributed by atoms with E-state index in [0.717, 1.165) is 11.2 Å². The minimum atomic E-state index is -0.419. The van der Waals surface area contributed by atoms with E-state index in [4.69, 9.17) is 9.15 Å². The van der Waals surface area contributed by atoms with Gasteiger partial charge >= 0.3 is 5.76 Å². The second-order valence-corrected chi connectivity index (χ2v) is 4.77. The van der Waals surface area contributed by atoms with Crippen molar-refractivity contribution in [1.82, 2.24) is 4.98 Å². The zero-order chi connectivity index (χ0) is 12.5. The van der Waals surface area contributed by atoms with Gasteiger partial charge in [-0.3, -0.25) is 4.98 Å². The molecule has 0 amide bonds. The average Bonchev–Trinajstić information content (AvgIpc) is 3.11. The highest BCUT2D eigenvalue weighted by Gasteiger charge is 2.31. The van der Waals surface area contributed by atoms with E-state index >= 15 is 0 Å². The molecule has 0 aliphatic heterocycles. The standard InChI is InChI=1S/C13H16N2O3/c1-17-7-11(8-2-3-8)14-9-4-5-12-10(6-9)15-13(16)18-12/h4-6,8,11,14H,2-3,7H2,1H3,(H,15,16). The van der Waals surface area contributed by atoms with Crippen molar-refractivity contribution in [3.8, 4) is 0 Å². The molecule has 1 aliphatic rings. The quantitative estimate of drug-likeness (QED) is 0.848. The van der Waals surface area contributed by atoms with Crippen molar-refractivity contribution in [1.29, 1.82) is 0 Å². The second kappa shape index (κ2) is 4.49. The highest BCUT2D eigenvalue weighted by molar-refractivity contribution is 5.76. The predicted molar refractivity (Wildman–Crippen MR) is 68.8 cm³/mol. The lowest BCUT2D eigenvalue weighted by atomic mass is 10.2. The molecule has 2 aromatic rings. The summed E-state index contributed by atoms with van der Waals surface area (Å²) < 4.78 is 10.2. The summed E-state index contributed by atoms with van der Waals surface area (Å²) in [6.45, 7) is 0.699. The topological polar surface area (TPSA) is 67.3 Å². The molecular formula is C13H16N2O3. The number of fused-ring (bicyclic) bond motifs is 1. The fourth-order valence-electron chi connectivity index (χ4n) is 2.23. The van der Waals surface area contributed by atoms with Crippen LogP contribution in [0.15, 0.2) is 27.4 Å². The number of hydrogen-bond donors (Lipinski definition) is 2. The molecule has 0 saturated heterocycles. The van der Waals surface area contributed by atoms with Crippen LogP contribution in [0.5, 0.6) is 0 Å². The van der Waals surface area contributed by atoms with E-state index in [2.05, 4.69) is 10.3 Å². The van der Waals surface area contributed by atoms with E-state index in [1.165, 1.54) is 12.8 Å². The van der Waals surface area contributed by atoms with Crippen LogP contribution in [0.25, 0.3) is 11.1 Å². The Balaban J connectivity index is 1.82. The molecule has 18 heavy (non-hydrogen) atoms. The SMILES string of the molecule is COCC(Nc1ccc2oc(=O)[nH]c2c1)C1CC1. The maximum Gasteiger partial charge on any atom is 0.417 e. The molecule has 1 saturated carbocycles. The Morgan fingerprint density at radius 3 is 3.11 bits per heavy atom. The van der Waals surface area contributed by atoms with Crippen molar-refractivity contribution in [3.05, 3.63) is 28.7 Å². The molecule has 1 fully saturated rings. The molecule has 1 atom stereocenters. The van der Waals surface area contributed by atoms with Crippen LogP contribution >= 0.6 is 0 Å². The van der Waals surface area contributed by atoms with Crippen molar-refractivity contribution < 1.29 is 9.15 Å². The number of H-pyrrole nitrogens is 1. The van der Waals surface area contributed by atoms with Crippen molar-refractivity contribution in [2.75, 3.05) is 19.0 Å². The first-order chi connectivity index (χ1) is 8.76. The van der Waals surface area contributed by atoms with Crippen LogP contribution < -0.4 is 11.1 Å². The highest BCUT2D eigenvalue weighted by atomic mass is 16.5. The number of aromatic nitrogens is 1. The number of rotatable bonds is 5. The number of benzene rings is 1. The molecule has 1 heterocycles. The summed E-state index contributed by atoms with van der Waals surface area (Å²) in [5.41, 5.74) is 2.28. The van der Waals surface area contributed by atoms with Gasteiger partial charge in [-0.05, 0) is 37.0 Å². The molecule has 1 aromatic carbocycles. The van der Waals surface area contributed by atoms with Gasteiger partial charge in [0, 0.05) is 12.8 Å². The lowest BCUT2D eigenvalue weighted by molar-refractivity contribution is 0.179. The number of aromatic amines is 1. The Kier molecular flexibility index (Phi) is 2.83. The van der Waals surface area contributed by atoms with Crippen LogP contribution in [0.1, 0.15) is 12.8 Å². The van der Waals surface area contributed by atoms with E-state index < -0.39 is 5.76 Å². The maximum atomic E-state index is 11.1. The first-order valence-electron chi connectivity index (χ1n) is 6.14. The molecule has 1 unspecified atom stereocenters. The van der Waals surface area contributed by atoms with Gasteiger partial charge in [0.1, 0.15) is 0 Å². The Bertz CT molecular complexity index is 598. The summed E-state index contributed by atoms with van der Waals surface area (Å²) in [7, 11) is 1.72. The zero-order valence-corrected chi connectivity index (χ0v) is 10.2. The van der Waals surface area contributed by atoms with Gasteiger partial charge in [-0.15, -0.1) is 0 Å². The predicted octanol–water partition coefficient (Wildman–Crippen LogP) is 1.96. The first kappa shape index (κ1) is 11.3. The van der Waals surface area contributed by atoms with E-state index in [9.17, 15) is 4.79 Å². The van der Waals surface area contributed by atoms with E-state index in [0.29, 0.717) is 24.1 Å². The lowest BCUT2D eigenvalue weighted by Crippen LogP contribution is -2.27. The monoisotopic (exact) mass is 248 g/mol. The first-order valence-corrected chi connectivity index (χ1v) is 6.14. The zero-order valence-electron chi connectivity index (χ0n) is 10.2. The van der Waals surface area contributed by atoms with Gasteiger partial charge in [0.15, 0.2) is 5.58 Å². The van der Waals surface area contributed by atoms with Gasteiger partial charge in [0.2, 0.25) is 0 Å². The molecule has 0 bridgehead atoms. The molecule has 2 N–H and O–H groups in total. The molecule has 0 spiro atoms. The van der Waals surface area contributed by atoms with Crippen molar-refractivity contribution in [2.24, 2.45) is 5.92 Å². The normalized spacial score (nSPS) is 16.9.